The van der Waals surface area contributed by atoms with Crippen molar-refractivity contribution in [3.63, 3.8) is 0 Å². The number of nitrogens with one attached hydrogen (secondary N) is 3. The van der Waals surface area contributed by atoms with Crippen LogP contribution in [0.4, 0.5) is 25.0 Å². The standard InChI is InChI=1S/C22H19F2N3O2/c1-14-7-10-17(11-8-14)25-22(29)27-20(15-5-3-2-4-6-15)21(28)26-19-13-16(23)9-12-18(19)24/h2-13,20H,1H3,(H,26,28)(H2,25,27,29)/t20-/m1/s1. The average molecular weight is 395 g/mol. The number of hydrogen-bond acceptors (Lipinski definition) is 2. The lowest BCUT2D eigenvalue weighted by Crippen LogP contribution is -2.39. The summed E-state index contributed by atoms with van der Waals surface area (Å²) in [6, 6.07) is 16.6. The Morgan fingerprint density at radius 3 is 2.24 bits per heavy atom. The molecule has 1 atom stereocenters. The fraction of sp³-hybridized carbons (Fsp3) is 0.0909. The van der Waals surface area contributed by atoms with Gasteiger partial charge in [-0.05, 0) is 36.8 Å². The van der Waals surface area contributed by atoms with E-state index in [4.69, 9.17) is 0 Å². The number of hydrogen-bond donors (Lipinski definition) is 3. The summed E-state index contributed by atoms with van der Waals surface area (Å²) in [7, 11) is 0. The van der Waals surface area contributed by atoms with Crippen LogP contribution >= 0.6 is 0 Å². The first-order chi connectivity index (χ1) is 13.9. The molecule has 3 aromatic rings. The number of carbonyl (C=O) groups excluding carboxylic acids is 2. The zero-order valence-electron chi connectivity index (χ0n) is 15.6. The van der Waals surface area contributed by atoms with Gasteiger partial charge in [0.05, 0.1) is 5.69 Å². The van der Waals surface area contributed by atoms with Gasteiger partial charge < -0.3 is 16.0 Å². The van der Waals surface area contributed by atoms with Crippen LogP contribution in [0.5, 0.6) is 0 Å². The molecule has 3 aromatic carbocycles. The Balaban J connectivity index is 1.79. The van der Waals surface area contributed by atoms with Crippen LogP contribution in [0, 0.1) is 18.6 Å². The Hall–Kier alpha value is -3.74. The molecular formula is C22H19F2N3O2. The first-order valence-electron chi connectivity index (χ1n) is 8.87. The van der Waals surface area contributed by atoms with Gasteiger partial charge >= 0.3 is 6.03 Å². The van der Waals surface area contributed by atoms with Crippen molar-refractivity contribution in [2.24, 2.45) is 0 Å². The summed E-state index contributed by atoms with van der Waals surface area (Å²) in [6.45, 7) is 1.92. The van der Waals surface area contributed by atoms with E-state index in [1.165, 1.54) is 0 Å². The maximum absolute atomic E-state index is 13.9. The second-order valence-electron chi connectivity index (χ2n) is 6.42. The molecule has 0 heterocycles. The van der Waals surface area contributed by atoms with E-state index in [2.05, 4.69) is 16.0 Å². The summed E-state index contributed by atoms with van der Waals surface area (Å²) in [6.07, 6.45) is 0. The first-order valence-corrected chi connectivity index (χ1v) is 8.87. The van der Waals surface area contributed by atoms with Gasteiger partial charge in [-0.15, -0.1) is 0 Å². The highest BCUT2D eigenvalue weighted by molar-refractivity contribution is 5.99. The van der Waals surface area contributed by atoms with Gasteiger partial charge in [0, 0.05) is 11.8 Å². The third-order valence-electron chi connectivity index (χ3n) is 4.17. The Labute approximate surface area is 166 Å². The van der Waals surface area contributed by atoms with Crippen LogP contribution < -0.4 is 16.0 Å². The molecule has 0 aliphatic carbocycles. The number of carbonyl (C=O) groups is 2. The minimum atomic E-state index is -1.12. The molecule has 0 bridgehead atoms. The SMILES string of the molecule is Cc1ccc(NC(=O)N[C@@H](C(=O)Nc2cc(F)ccc2F)c2ccccc2)cc1. The van der Waals surface area contributed by atoms with E-state index in [9.17, 15) is 18.4 Å². The topological polar surface area (TPSA) is 70.2 Å². The van der Waals surface area contributed by atoms with E-state index >= 15 is 0 Å². The zero-order chi connectivity index (χ0) is 20.8. The monoisotopic (exact) mass is 395 g/mol. The van der Waals surface area contributed by atoms with Gasteiger partial charge in [0.2, 0.25) is 0 Å². The van der Waals surface area contributed by atoms with Gasteiger partial charge in [0.1, 0.15) is 17.7 Å². The summed E-state index contributed by atoms with van der Waals surface area (Å²) in [5, 5.41) is 7.55. The van der Waals surface area contributed by atoms with Crippen LogP contribution in [0.1, 0.15) is 17.2 Å². The lowest BCUT2D eigenvalue weighted by atomic mass is 10.1. The third kappa shape index (κ3) is 5.38. The van der Waals surface area contributed by atoms with E-state index in [1.54, 1.807) is 42.5 Å². The van der Waals surface area contributed by atoms with E-state index in [1.807, 2.05) is 19.1 Å². The van der Waals surface area contributed by atoms with Crippen LogP contribution in [0.25, 0.3) is 0 Å². The van der Waals surface area contributed by atoms with Crippen molar-refractivity contribution < 1.29 is 18.4 Å². The number of aryl methyl sites for hydroxylation is 1. The van der Waals surface area contributed by atoms with Gasteiger partial charge in [0.15, 0.2) is 0 Å². The van der Waals surface area contributed by atoms with Crippen LogP contribution in [-0.2, 0) is 4.79 Å². The number of anilines is 2. The molecule has 0 spiro atoms. The quantitative estimate of drug-likeness (QED) is 0.582. The summed E-state index contributed by atoms with van der Waals surface area (Å²) < 4.78 is 27.3. The molecule has 0 radical (unpaired) electrons. The normalized spacial score (nSPS) is 11.4. The van der Waals surface area contributed by atoms with Crippen LogP contribution in [0.2, 0.25) is 0 Å². The fourth-order valence-corrected chi connectivity index (χ4v) is 2.68. The summed E-state index contributed by atoms with van der Waals surface area (Å²) in [5.41, 5.74) is 1.77. The molecule has 29 heavy (non-hydrogen) atoms. The van der Waals surface area contributed by atoms with Gasteiger partial charge in [-0.25, -0.2) is 13.6 Å². The predicted molar refractivity (Wildman–Crippen MR) is 108 cm³/mol. The average Bonchev–Trinajstić information content (AvgIpc) is 2.71. The van der Waals surface area contributed by atoms with Gasteiger partial charge in [-0.2, -0.15) is 0 Å². The van der Waals surface area contributed by atoms with E-state index < -0.39 is 29.6 Å². The van der Waals surface area contributed by atoms with Crippen molar-refractivity contribution in [2.45, 2.75) is 13.0 Å². The Morgan fingerprint density at radius 1 is 0.862 bits per heavy atom. The molecule has 7 heteroatoms. The molecule has 0 unspecified atom stereocenters. The molecule has 3 N–H and O–H groups in total. The number of amides is 3. The smallest absolute Gasteiger partial charge is 0.320 e. The number of urea groups is 1. The minimum Gasteiger partial charge on any atom is -0.322 e. The van der Waals surface area contributed by atoms with Crippen molar-refractivity contribution >= 4 is 23.3 Å². The van der Waals surface area contributed by atoms with Crippen molar-refractivity contribution in [1.29, 1.82) is 0 Å². The molecular weight excluding hydrogens is 376 g/mol. The Bertz CT molecular complexity index is 1010. The highest BCUT2D eigenvalue weighted by Gasteiger charge is 2.24. The van der Waals surface area contributed by atoms with Crippen LogP contribution in [-0.4, -0.2) is 11.9 Å². The van der Waals surface area contributed by atoms with Crippen LogP contribution in [0.15, 0.2) is 72.8 Å². The second-order valence-corrected chi connectivity index (χ2v) is 6.42. The van der Waals surface area contributed by atoms with E-state index in [-0.39, 0.29) is 5.69 Å². The molecule has 148 valence electrons. The second kappa shape index (κ2) is 8.97. The fourth-order valence-electron chi connectivity index (χ4n) is 2.68. The summed E-state index contributed by atoms with van der Waals surface area (Å²) in [5.74, 6) is -2.18. The molecule has 0 fully saturated rings. The molecule has 0 aromatic heterocycles. The van der Waals surface area contributed by atoms with Crippen molar-refractivity contribution in [2.75, 3.05) is 10.6 Å². The third-order valence-corrected chi connectivity index (χ3v) is 4.17. The predicted octanol–water partition coefficient (Wildman–Crippen LogP) is 4.77. The van der Waals surface area contributed by atoms with E-state index in [0.29, 0.717) is 11.3 Å². The maximum Gasteiger partial charge on any atom is 0.320 e. The maximum atomic E-state index is 13.9. The van der Waals surface area contributed by atoms with Gasteiger partial charge in [0.25, 0.3) is 5.91 Å². The Morgan fingerprint density at radius 2 is 1.55 bits per heavy atom. The van der Waals surface area contributed by atoms with E-state index in [0.717, 1.165) is 23.8 Å². The molecule has 0 saturated heterocycles. The van der Waals surface area contributed by atoms with Crippen LogP contribution in [0.3, 0.4) is 0 Å². The highest BCUT2D eigenvalue weighted by atomic mass is 19.1. The Kier molecular flexibility index (Phi) is 6.19. The van der Waals surface area contributed by atoms with Crippen molar-refractivity contribution in [3.8, 4) is 0 Å². The lowest BCUT2D eigenvalue weighted by Gasteiger charge is -2.19. The minimum absolute atomic E-state index is 0.309. The first kappa shape index (κ1) is 20.0. The number of benzene rings is 3. The number of halogens is 2. The molecule has 3 amide bonds. The largest absolute Gasteiger partial charge is 0.322 e. The molecule has 0 aliphatic rings. The molecule has 0 saturated carbocycles. The van der Waals surface area contributed by atoms with Gasteiger partial charge in [-0.3, -0.25) is 4.79 Å². The molecule has 0 aliphatic heterocycles. The summed E-state index contributed by atoms with van der Waals surface area (Å²) in [4.78, 5) is 25.2. The van der Waals surface area contributed by atoms with Crippen molar-refractivity contribution in [1.82, 2.24) is 5.32 Å². The number of rotatable bonds is 5. The molecule has 3 rings (SSSR count). The highest BCUT2D eigenvalue weighted by Crippen LogP contribution is 2.20. The molecule has 5 nitrogen and oxygen atoms in total. The zero-order valence-corrected chi connectivity index (χ0v) is 15.6. The van der Waals surface area contributed by atoms with Gasteiger partial charge in [-0.1, -0.05) is 48.0 Å². The lowest BCUT2D eigenvalue weighted by molar-refractivity contribution is -0.118. The van der Waals surface area contributed by atoms with Crippen molar-refractivity contribution in [3.05, 3.63) is 95.6 Å². The summed E-state index contributed by atoms with van der Waals surface area (Å²) >= 11 is 0.